The zero-order chi connectivity index (χ0) is 36.2. The molecule has 0 unspecified atom stereocenters. The van der Waals surface area contributed by atoms with Gasteiger partial charge in [0, 0.05) is 0 Å². The lowest BCUT2D eigenvalue weighted by Crippen LogP contribution is -1.85. The van der Waals surface area contributed by atoms with Gasteiger partial charge >= 0.3 is 0 Å². The van der Waals surface area contributed by atoms with E-state index in [2.05, 4.69) is 185 Å². The summed E-state index contributed by atoms with van der Waals surface area (Å²) >= 11 is 0. The molecule has 0 fully saturated rings. The molecule has 0 heterocycles. The summed E-state index contributed by atoms with van der Waals surface area (Å²) in [7, 11) is 0. The number of aryl methyl sites for hydroxylation is 4. The van der Waals surface area contributed by atoms with Gasteiger partial charge in [0.1, 0.15) is 0 Å². The van der Waals surface area contributed by atoms with Crippen molar-refractivity contribution in [1.82, 2.24) is 0 Å². The van der Waals surface area contributed by atoms with Crippen LogP contribution in [0.1, 0.15) is 22.3 Å². The first-order valence-electron chi connectivity index (χ1n) is 19.1. The Balaban J connectivity index is 1.50. The van der Waals surface area contributed by atoms with Gasteiger partial charge in [0.05, 0.1) is 0 Å². The van der Waals surface area contributed by atoms with Gasteiger partial charge in [-0.2, -0.15) is 0 Å². The van der Waals surface area contributed by atoms with E-state index >= 15 is 0 Å². The number of hydrogen-bond donors (Lipinski definition) is 0. The van der Waals surface area contributed by atoms with Crippen molar-refractivity contribution in [3.05, 3.63) is 180 Å². The fourth-order valence-corrected chi connectivity index (χ4v) is 9.45. The topological polar surface area (TPSA) is 0 Å². The van der Waals surface area contributed by atoms with Crippen LogP contribution in [0.5, 0.6) is 0 Å². The molecule has 0 aromatic heterocycles. The van der Waals surface area contributed by atoms with Crippen LogP contribution in [0.4, 0.5) is 0 Å². The molecular weight excluding hydrogens is 649 g/mol. The maximum atomic E-state index is 2.50. The van der Waals surface area contributed by atoms with Crippen LogP contribution in [0, 0.1) is 27.7 Å². The summed E-state index contributed by atoms with van der Waals surface area (Å²) < 4.78 is 0. The molecular formula is C54H38. The molecule has 54 heavy (non-hydrogen) atoms. The Labute approximate surface area is 315 Å². The standard InChI is InChI=1S/C54H38/c1-31-13-21-35(22-14-31)45-47(37-25-17-33(3)18-26-37)51-43-30-40-10-6-8-12-42(40)50-46(36-23-15-32(2)16-24-36)48(38-27-19-34(4)20-28-38)52(54(43)50)44-29-39-9-5-7-11-41(39)49(45)53(44)51/h5-30H,1-4H3. The Hall–Kier alpha value is -6.50. The third kappa shape index (κ3) is 4.38. The Kier molecular flexibility index (Phi) is 6.61. The predicted octanol–water partition coefficient (Wildman–Crippen LogP) is 15.4. The van der Waals surface area contributed by atoms with Crippen LogP contribution in [-0.4, -0.2) is 0 Å². The first-order valence-corrected chi connectivity index (χ1v) is 19.1. The molecule has 0 aliphatic heterocycles. The summed E-state index contributed by atoms with van der Waals surface area (Å²) in [6.45, 7) is 8.73. The lowest BCUT2D eigenvalue weighted by atomic mass is 9.89. The van der Waals surface area contributed by atoms with Crippen LogP contribution in [0.2, 0.25) is 0 Å². The van der Waals surface area contributed by atoms with Crippen LogP contribution in [0.25, 0.3) is 109 Å². The number of fused-ring (bicyclic) bond motifs is 6. The van der Waals surface area contributed by atoms with E-state index in [-0.39, 0.29) is 0 Å². The Morgan fingerprint density at radius 3 is 0.796 bits per heavy atom. The van der Waals surface area contributed by atoms with Crippen molar-refractivity contribution in [1.29, 1.82) is 0 Å². The van der Waals surface area contributed by atoms with Crippen LogP contribution >= 0.6 is 0 Å². The number of benzene rings is 9. The fourth-order valence-electron chi connectivity index (χ4n) is 9.45. The van der Waals surface area contributed by atoms with Crippen LogP contribution in [0.15, 0.2) is 158 Å². The molecule has 0 amide bonds. The molecule has 11 rings (SSSR count). The van der Waals surface area contributed by atoms with E-state index in [4.69, 9.17) is 0 Å². The van der Waals surface area contributed by atoms with Gasteiger partial charge in [0.2, 0.25) is 0 Å². The lowest BCUT2D eigenvalue weighted by Gasteiger charge is -2.13. The Morgan fingerprint density at radius 2 is 0.500 bits per heavy atom. The molecule has 11 aromatic rings. The zero-order valence-electron chi connectivity index (χ0n) is 31.0. The van der Waals surface area contributed by atoms with Crippen molar-refractivity contribution in [2.75, 3.05) is 0 Å². The third-order valence-corrected chi connectivity index (χ3v) is 12.0. The van der Waals surface area contributed by atoms with Gasteiger partial charge < -0.3 is 0 Å². The molecule has 11 aromatic carbocycles. The van der Waals surface area contributed by atoms with Crippen molar-refractivity contribution >= 4 is 64.6 Å². The van der Waals surface area contributed by atoms with Gasteiger partial charge in [-0.05, 0) is 149 Å². The maximum absolute atomic E-state index is 2.50. The second kappa shape index (κ2) is 11.5. The van der Waals surface area contributed by atoms with Gasteiger partial charge in [0.15, 0.2) is 0 Å². The molecule has 254 valence electrons. The molecule has 0 heteroatoms. The molecule has 0 nitrogen and oxygen atoms in total. The highest BCUT2D eigenvalue weighted by Crippen LogP contribution is 2.59. The SMILES string of the molecule is Cc1ccc(-c2c(-c3ccc(C)cc3)c3c4cc5ccccc5c5c(-c6ccc(C)cc6)c(-c6ccc(C)cc6)c(c6cc7ccccc7c2c63)c45)cc1. The largest absolute Gasteiger partial charge is 0.0616 e. The minimum Gasteiger partial charge on any atom is -0.0616 e. The second-order valence-electron chi connectivity index (χ2n) is 15.5. The van der Waals surface area contributed by atoms with Gasteiger partial charge in [-0.15, -0.1) is 0 Å². The van der Waals surface area contributed by atoms with Gasteiger partial charge in [-0.3, -0.25) is 0 Å². The molecule has 0 aliphatic rings. The number of rotatable bonds is 4. The predicted molar refractivity (Wildman–Crippen MR) is 235 cm³/mol. The average Bonchev–Trinajstić information content (AvgIpc) is 3.74. The van der Waals surface area contributed by atoms with E-state index in [0.29, 0.717) is 0 Å². The van der Waals surface area contributed by atoms with Crippen molar-refractivity contribution < 1.29 is 0 Å². The molecule has 0 bridgehead atoms. The minimum atomic E-state index is 1.26. The molecule has 0 N–H and O–H groups in total. The molecule has 0 atom stereocenters. The molecule has 0 saturated carbocycles. The maximum Gasteiger partial charge on any atom is -0.000674 e. The quantitative estimate of drug-likeness (QED) is 0.162. The monoisotopic (exact) mass is 686 g/mol. The van der Waals surface area contributed by atoms with Gasteiger partial charge in [0.25, 0.3) is 0 Å². The molecule has 0 spiro atoms. The average molecular weight is 687 g/mol. The second-order valence-corrected chi connectivity index (χ2v) is 15.5. The lowest BCUT2D eigenvalue weighted by molar-refractivity contribution is 1.47. The summed E-state index contributed by atoms with van der Waals surface area (Å²) in [5, 5.41) is 15.9. The van der Waals surface area contributed by atoms with Gasteiger partial charge in [-0.25, -0.2) is 0 Å². The van der Waals surface area contributed by atoms with Crippen LogP contribution in [0.3, 0.4) is 0 Å². The third-order valence-electron chi connectivity index (χ3n) is 12.0. The van der Waals surface area contributed by atoms with Crippen LogP contribution in [-0.2, 0) is 0 Å². The molecule has 0 aliphatic carbocycles. The van der Waals surface area contributed by atoms with Crippen LogP contribution < -0.4 is 0 Å². The number of hydrogen-bond acceptors (Lipinski definition) is 0. The normalized spacial score (nSPS) is 12.1. The van der Waals surface area contributed by atoms with Crippen molar-refractivity contribution in [2.45, 2.75) is 27.7 Å². The van der Waals surface area contributed by atoms with Gasteiger partial charge in [-0.1, -0.05) is 168 Å². The Morgan fingerprint density at radius 1 is 0.241 bits per heavy atom. The molecule has 0 saturated heterocycles. The summed E-state index contributed by atoms with van der Waals surface area (Å²) in [5.74, 6) is 0. The van der Waals surface area contributed by atoms with Crippen molar-refractivity contribution in [3.63, 3.8) is 0 Å². The van der Waals surface area contributed by atoms with E-state index in [1.165, 1.54) is 131 Å². The zero-order valence-corrected chi connectivity index (χ0v) is 31.0. The highest BCUT2D eigenvalue weighted by atomic mass is 14.3. The molecule has 0 radical (unpaired) electrons. The minimum absolute atomic E-state index is 1.26. The highest BCUT2D eigenvalue weighted by Gasteiger charge is 2.30. The highest BCUT2D eigenvalue weighted by molar-refractivity contribution is 6.48. The van der Waals surface area contributed by atoms with E-state index < -0.39 is 0 Å². The smallest absolute Gasteiger partial charge is 0.000674 e. The first-order chi connectivity index (χ1) is 26.4. The van der Waals surface area contributed by atoms with Crippen molar-refractivity contribution in [3.8, 4) is 44.5 Å². The summed E-state index contributed by atoms with van der Waals surface area (Å²) in [5.41, 5.74) is 15.4. The fraction of sp³-hybridized carbons (Fsp3) is 0.0741. The van der Waals surface area contributed by atoms with E-state index in [0.717, 1.165) is 0 Å². The van der Waals surface area contributed by atoms with Crippen molar-refractivity contribution in [2.24, 2.45) is 0 Å². The first kappa shape index (κ1) is 31.1. The summed E-state index contributed by atoms with van der Waals surface area (Å²) in [6.07, 6.45) is 0. The van der Waals surface area contributed by atoms with E-state index in [1.54, 1.807) is 0 Å². The summed E-state index contributed by atoms with van der Waals surface area (Å²) in [6, 6.07) is 60.0. The Bertz CT molecular complexity index is 3010. The van der Waals surface area contributed by atoms with E-state index in [9.17, 15) is 0 Å². The summed E-state index contributed by atoms with van der Waals surface area (Å²) in [4.78, 5) is 0. The van der Waals surface area contributed by atoms with E-state index in [1.807, 2.05) is 0 Å².